The van der Waals surface area contributed by atoms with E-state index in [-0.39, 0.29) is 0 Å². The highest BCUT2D eigenvalue weighted by Crippen LogP contribution is 2.09. The van der Waals surface area contributed by atoms with Gasteiger partial charge in [0, 0.05) is 34.9 Å². The summed E-state index contributed by atoms with van der Waals surface area (Å²) in [5, 5.41) is 3.58. The van der Waals surface area contributed by atoms with Crippen molar-refractivity contribution in [3.05, 3.63) is 0 Å². The van der Waals surface area contributed by atoms with Crippen molar-refractivity contribution in [1.29, 1.82) is 0 Å². The molecular weight excluding hydrogens is 220 g/mol. The summed E-state index contributed by atoms with van der Waals surface area (Å²) < 4.78 is 11.3. The maximum absolute atomic E-state index is 11.3. The maximum Gasteiger partial charge on any atom is 0.0362 e. The molecule has 1 N–H and O–H groups in total. The molecule has 0 spiro atoms. The van der Waals surface area contributed by atoms with Crippen molar-refractivity contribution in [3.63, 3.8) is 0 Å². The van der Waals surface area contributed by atoms with Gasteiger partial charge in [-0.25, -0.2) is 0 Å². The van der Waals surface area contributed by atoms with Gasteiger partial charge in [-0.05, 0) is 38.9 Å². The van der Waals surface area contributed by atoms with Crippen LogP contribution in [0, 0.1) is 0 Å². The monoisotopic (exact) mass is 246 g/mol. The first-order valence-electron chi connectivity index (χ1n) is 6.57. The summed E-state index contributed by atoms with van der Waals surface area (Å²) in [6.45, 7) is 8.70. The van der Waals surface area contributed by atoms with Crippen LogP contribution < -0.4 is 5.32 Å². The minimum absolute atomic E-state index is 0.600. The summed E-state index contributed by atoms with van der Waals surface area (Å²) in [4.78, 5) is 2.46. The van der Waals surface area contributed by atoms with Crippen LogP contribution in [0.15, 0.2) is 0 Å². The van der Waals surface area contributed by atoms with Crippen molar-refractivity contribution in [2.75, 3.05) is 37.7 Å². The second-order valence-electron chi connectivity index (χ2n) is 4.50. The average molecular weight is 246 g/mol. The zero-order valence-electron chi connectivity index (χ0n) is 10.7. The van der Waals surface area contributed by atoms with Crippen molar-refractivity contribution in [2.45, 2.75) is 39.2 Å². The van der Waals surface area contributed by atoms with Gasteiger partial charge < -0.3 is 10.2 Å². The zero-order chi connectivity index (χ0) is 11.8. The Kier molecular flexibility index (Phi) is 7.25. The normalized spacial score (nSPS) is 21.1. The van der Waals surface area contributed by atoms with Gasteiger partial charge in [-0.15, -0.1) is 0 Å². The molecule has 0 amide bonds. The Hall–Kier alpha value is 0.0700. The molecule has 1 saturated heterocycles. The predicted molar refractivity (Wildman–Crippen MR) is 71.3 cm³/mol. The Labute approximate surface area is 102 Å². The molecule has 0 saturated carbocycles. The van der Waals surface area contributed by atoms with E-state index in [4.69, 9.17) is 0 Å². The molecule has 0 bridgehead atoms. The lowest BCUT2D eigenvalue weighted by molar-refractivity contribution is 0.208. The number of hydrogen-bond acceptors (Lipinski definition) is 3. The second-order valence-corrected chi connectivity index (χ2v) is 6.37. The first kappa shape index (κ1) is 14.1. The Balaban J connectivity index is 2.09. The van der Waals surface area contributed by atoms with E-state index in [0.29, 0.717) is 6.04 Å². The minimum atomic E-state index is -0.600. The maximum atomic E-state index is 11.3. The third-order valence-electron chi connectivity index (χ3n) is 3.23. The lowest BCUT2D eigenvalue weighted by Gasteiger charge is -2.32. The van der Waals surface area contributed by atoms with Gasteiger partial charge in [-0.1, -0.05) is 13.8 Å². The first-order chi connectivity index (χ1) is 7.76. The van der Waals surface area contributed by atoms with Gasteiger partial charge >= 0.3 is 0 Å². The molecule has 1 rings (SSSR count). The average Bonchev–Trinajstić information content (AvgIpc) is 2.34. The molecule has 0 aliphatic carbocycles. The summed E-state index contributed by atoms with van der Waals surface area (Å²) in [7, 11) is -0.600. The molecule has 1 aliphatic heterocycles. The van der Waals surface area contributed by atoms with Gasteiger partial charge in [0.2, 0.25) is 0 Å². The molecule has 4 heteroatoms. The third kappa shape index (κ3) is 5.41. The minimum Gasteiger partial charge on any atom is -0.314 e. The van der Waals surface area contributed by atoms with E-state index < -0.39 is 10.8 Å². The van der Waals surface area contributed by atoms with Crippen molar-refractivity contribution < 1.29 is 4.21 Å². The Morgan fingerprint density at radius 3 is 2.56 bits per heavy atom. The fourth-order valence-electron chi connectivity index (χ4n) is 2.08. The summed E-state index contributed by atoms with van der Waals surface area (Å²) in [6, 6.07) is 0.716. The third-order valence-corrected chi connectivity index (χ3v) is 4.51. The summed E-state index contributed by atoms with van der Waals surface area (Å²) in [5.74, 6) is 1.65. The number of nitrogens with one attached hydrogen (secondary N) is 1. The SMILES string of the molecule is CCCNC1CCN(CCS(=O)CC)CC1. The zero-order valence-corrected chi connectivity index (χ0v) is 11.5. The highest BCUT2D eigenvalue weighted by atomic mass is 32.2. The van der Waals surface area contributed by atoms with Crippen LogP contribution in [0.4, 0.5) is 0 Å². The molecule has 3 nitrogen and oxygen atoms in total. The Morgan fingerprint density at radius 1 is 1.31 bits per heavy atom. The standard InChI is InChI=1S/C12H26N2OS/c1-3-7-13-12-5-8-14(9-6-12)10-11-16(15)4-2/h12-13H,3-11H2,1-2H3. The van der Waals surface area contributed by atoms with E-state index in [9.17, 15) is 4.21 Å². The molecular formula is C12H26N2OS. The van der Waals surface area contributed by atoms with Gasteiger partial charge in [0.1, 0.15) is 0 Å². The van der Waals surface area contributed by atoms with Gasteiger partial charge in [-0.2, -0.15) is 0 Å². The number of hydrogen-bond donors (Lipinski definition) is 1. The van der Waals surface area contributed by atoms with Gasteiger partial charge in [0.15, 0.2) is 0 Å². The number of likely N-dealkylation sites (tertiary alicyclic amines) is 1. The van der Waals surface area contributed by atoms with Crippen molar-refractivity contribution in [1.82, 2.24) is 10.2 Å². The van der Waals surface area contributed by atoms with E-state index in [1.54, 1.807) is 0 Å². The number of rotatable bonds is 7. The highest BCUT2D eigenvalue weighted by molar-refractivity contribution is 7.84. The molecule has 1 aliphatic rings. The van der Waals surface area contributed by atoms with Crippen LogP contribution >= 0.6 is 0 Å². The van der Waals surface area contributed by atoms with Crippen LogP contribution in [0.2, 0.25) is 0 Å². The van der Waals surface area contributed by atoms with E-state index in [1.807, 2.05) is 6.92 Å². The van der Waals surface area contributed by atoms with Crippen LogP contribution in [-0.2, 0) is 10.8 Å². The van der Waals surface area contributed by atoms with E-state index in [2.05, 4.69) is 17.1 Å². The molecule has 1 atom stereocenters. The fourth-order valence-corrected chi connectivity index (χ4v) is 2.83. The molecule has 16 heavy (non-hydrogen) atoms. The van der Waals surface area contributed by atoms with E-state index in [1.165, 1.54) is 32.4 Å². The lowest BCUT2D eigenvalue weighted by Crippen LogP contribution is -2.43. The second kappa shape index (κ2) is 8.20. The smallest absolute Gasteiger partial charge is 0.0362 e. The van der Waals surface area contributed by atoms with Gasteiger partial charge in [0.25, 0.3) is 0 Å². The molecule has 1 unspecified atom stereocenters. The topological polar surface area (TPSA) is 32.3 Å². The molecule has 0 radical (unpaired) electrons. The molecule has 0 aromatic carbocycles. The molecule has 0 aromatic rings. The Morgan fingerprint density at radius 2 is 2.00 bits per heavy atom. The molecule has 0 aromatic heterocycles. The number of piperidine rings is 1. The van der Waals surface area contributed by atoms with Crippen molar-refractivity contribution in [3.8, 4) is 0 Å². The largest absolute Gasteiger partial charge is 0.314 e. The quantitative estimate of drug-likeness (QED) is 0.733. The lowest BCUT2D eigenvalue weighted by atomic mass is 10.1. The van der Waals surface area contributed by atoms with Crippen LogP contribution in [0.3, 0.4) is 0 Å². The van der Waals surface area contributed by atoms with Crippen molar-refractivity contribution >= 4 is 10.8 Å². The van der Waals surface area contributed by atoms with E-state index in [0.717, 1.165) is 24.6 Å². The summed E-state index contributed by atoms with van der Waals surface area (Å²) in [6.07, 6.45) is 3.72. The van der Waals surface area contributed by atoms with Gasteiger partial charge in [0.05, 0.1) is 0 Å². The predicted octanol–water partition coefficient (Wildman–Crippen LogP) is 1.22. The van der Waals surface area contributed by atoms with Crippen LogP contribution in [0.25, 0.3) is 0 Å². The van der Waals surface area contributed by atoms with Crippen LogP contribution in [0.1, 0.15) is 33.1 Å². The van der Waals surface area contributed by atoms with Gasteiger partial charge in [-0.3, -0.25) is 4.21 Å². The first-order valence-corrected chi connectivity index (χ1v) is 8.05. The molecule has 1 heterocycles. The fraction of sp³-hybridized carbons (Fsp3) is 1.00. The highest BCUT2D eigenvalue weighted by Gasteiger charge is 2.18. The Bertz CT molecular complexity index is 203. The van der Waals surface area contributed by atoms with Crippen LogP contribution in [-0.4, -0.2) is 52.8 Å². The molecule has 1 fully saturated rings. The summed E-state index contributed by atoms with van der Waals surface area (Å²) in [5.41, 5.74) is 0. The van der Waals surface area contributed by atoms with Crippen molar-refractivity contribution in [2.24, 2.45) is 0 Å². The van der Waals surface area contributed by atoms with Crippen LogP contribution in [0.5, 0.6) is 0 Å². The summed E-state index contributed by atoms with van der Waals surface area (Å²) >= 11 is 0. The van der Waals surface area contributed by atoms with E-state index >= 15 is 0 Å². The number of nitrogens with zero attached hydrogens (tertiary/aromatic N) is 1. The molecule has 96 valence electrons.